The molecule has 0 N–H and O–H groups in total. The van der Waals surface area contributed by atoms with E-state index in [1.807, 2.05) is 25.2 Å². The predicted octanol–water partition coefficient (Wildman–Crippen LogP) is 4.25. The number of benzene rings is 1. The average Bonchev–Trinajstić information content (AvgIpc) is 3.10. The van der Waals surface area contributed by atoms with Crippen LogP contribution in [0.3, 0.4) is 0 Å². The van der Waals surface area contributed by atoms with Crippen molar-refractivity contribution in [2.75, 3.05) is 5.75 Å². The highest BCUT2D eigenvalue weighted by atomic mass is 32.2. The van der Waals surface area contributed by atoms with Gasteiger partial charge in [-0.2, -0.15) is 13.7 Å². The lowest BCUT2D eigenvalue weighted by atomic mass is 9.98. The van der Waals surface area contributed by atoms with E-state index in [-0.39, 0.29) is 4.90 Å². The maximum absolute atomic E-state index is 12.3. The van der Waals surface area contributed by atoms with E-state index in [1.165, 1.54) is 12.1 Å². The minimum atomic E-state index is -3.93. The highest BCUT2D eigenvalue weighted by molar-refractivity contribution is 8.04. The Balaban J connectivity index is 1.84. The highest BCUT2D eigenvalue weighted by Gasteiger charge is 2.23. The third-order valence-electron chi connectivity index (χ3n) is 4.01. The van der Waals surface area contributed by atoms with Gasteiger partial charge in [0.05, 0.1) is 18.2 Å². The molecule has 1 aliphatic carbocycles. The van der Waals surface area contributed by atoms with Gasteiger partial charge in [-0.1, -0.05) is 41.1 Å². The molecule has 1 fully saturated rings. The molecule has 1 aliphatic heterocycles. The molecule has 2 aliphatic rings. The molecule has 1 aromatic rings. The second-order valence-corrected chi connectivity index (χ2v) is 8.63. The number of aryl methyl sites for hydroxylation is 1. The van der Waals surface area contributed by atoms with Crippen LogP contribution in [0.1, 0.15) is 24.8 Å². The molecule has 1 heterocycles. The molecular formula is C19H18N2O3S2. The van der Waals surface area contributed by atoms with Gasteiger partial charge in [-0.05, 0) is 36.6 Å². The molecule has 0 amide bonds. The summed E-state index contributed by atoms with van der Waals surface area (Å²) in [6.07, 6.45) is 7.68. The summed E-state index contributed by atoms with van der Waals surface area (Å²) in [5.74, 6) is 0.830. The molecule has 0 aromatic heterocycles. The summed E-state index contributed by atoms with van der Waals surface area (Å²) in [5, 5.41) is 12.8. The van der Waals surface area contributed by atoms with Gasteiger partial charge in [-0.25, -0.2) is 0 Å². The van der Waals surface area contributed by atoms with E-state index in [4.69, 9.17) is 9.55 Å². The second-order valence-electron chi connectivity index (χ2n) is 5.99. The minimum absolute atomic E-state index is 0.0871. The average molecular weight is 386 g/mol. The van der Waals surface area contributed by atoms with Crippen LogP contribution < -0.4 is 0 Å². The Labute approximate surface area is 157 Å². The van der Waals surface area contributed by atoms with Crippen LogP contribution >= 0.6 is 11.8 Å². The zero-order valence-corrected chi connectivity index (χ0v) is 15.9. The second kappa shape index (κ2) is 7.94. The van der Waals surface area contributed by atoms with Gasteiger partial charge in [-0.15, -0.1) is 11.8 Å². The molecule has 1 saturated heterocycles. The van der Waals surface area contributed by atoms with E-state index in [2.05, 4.69) is 11.2 Å². The summed E-state index contributed by atoms with van der Waals surface area (Å²) >= 11 is 1.64. The molecule has 0 atom stereocenters. The summed E-state index contributed by atoms with van der Waals surface area (Å²) < 4.78 is 29.6. The Morgan fingerprint density at radius 3 is 2.81 bits per heavy atom. The summed E-state index contributed by atoms with van der Waals surface area (Å²) in [7, 11) is -3.93. The molecule has 3 rings (SSSR count). The fourth-order valence-electron chi connectivity index (χ4n) is 2.68. The maximum atomic E-state index is 12.3. The fraction of sp³-hybridized carbons (Fsp3) is 0.263. The van der Waals surface area contributed by atoms with Crippen molar-refractivity contribution in [3.05, 3.63) is 64.1 Å². The van der Waals surface area contributed by atoms with Crippen molar-refractivity contribution in [2.45, 2.75) is 31.1 Å². The standard InChI is InChI=1S/C19H18N2O3S2/c1-14-5-7-17(8-6-14)26(22,23)24-21-18-10-12-25-19(18)16-4-2-3-15(13-16)9-11-20/h2-3,5-8,13H,4,9-10,12H2,1H3. The van der Waals surface area contributed by atoms with Crippen molar-refractivity contribution in [2.24, 2.45) is 5.16 Å². The Morgan fingerprint density at radius 1 is 1.31 bits per heavy atom. The number of thioether (sulfide) groups is 1. The Hall–Kier alpha value is -2.30. The van der Waals surface area contributed by atoms with E-state index in [9.17, 15) is 8.42 Å². The van der Waals surface area contributed by atoms with E-state index in [0.717, 1.165) is 33.8 Å². The number of hydrogen-bond donors (Lipinski definition) is 0. The Bertz CT molecular complexity index is 963. The number of oxime groups is 1. The van der Waals surface area contributed by atoms with Gasteiger partial charge in [0.2, 0.25) is 0 Å². The van der Waals surface area contributed by atoms with Crippen LogP contribution in [0.15, 0.2) is 68.6 Å². The first kappa shape index (κ1) is 18.5. The Kier molecular flexibility index (Phi) is 5.64. The van der Waals surface area contributed by atoms with Crippen LogP contribution in [0.25, 0.3) is 0 Å². The largest absolute Gasteiger partial charge is 0.358 e. The number of nitrogens with zero attached hydrogens (tertiary/aromatic N) is 2. The van der Waals surface area contributed by atoms with Crippen molar-refractivity contribution < 1.29 is 12.7 Å². The van der Waals surface area contributed by atoms with Crippen molar-refractivity contribution >= 4 is 27.6 Å². The van der Waals surface area contributed by atoms with E-state index < -0.39 is 10.1 Å². The van der Waals surface area contributed by atoms with Gasteiger partial charge >= 0.3 is 10.1 Å². The lowest BCUT2D eigenvalue weighted by Crippen LogP contribution is -2.06. The summed E-state index contributed by atoms with van der Waals surface area (Å²) in [6, 6.07) is 8.61. The molecule has 0 bridgehead atoms. The van der Waals surface area contributed by atoms with Crippen molar-refractivity contribution in [1.29, 1.82) is 5.26 Å². The molecule has 7 heteroatoms. The van der Waals surface area contributed by atoms with Gasteiger partial charge < -0.3 is 0 Å². The molecule has 1 aromatic carbocycles. The third-order valence-corrected chi connectivity index (χ3v) is 6.32. The van der Waals surface area contributed by atoms with E-state index in [0.29, 0.717) is 18.6 Å². The van der Waals surface area contributed by atoms with Gasteiger partial charge in [0.15, 0.2) is 0 Å². The Morgan fingerprint density at radius 2 is 2.08 bits per heavy atom. The van der Waals surface area contributed by atoms with Gasteiger partial charge in [-0.3, -0.25) is 4.28 Å². The first-order valence-corrected chi connectivity index (χ1v) is 10.6. The molecule has 0 radical (unpaired) electrons. The SMILES string of the molecule is Cc1ccc(S(=O)(=O)ON=C2CCSC2=C2C=C(CC#N)C=CC2)cc1. The van der Waals surface area contributed by atoms with Crippen LogP contribution in [0.2, 0.25) is 0 Å². The minimum Gasteiger partial charge on any atom is -0.264 e. The van der Waals surface area contributed by atoms with Gasteiger partial charge in [0.25, 0.3) is 0 Å². The molecule has 26 heavy (non-hydrogen) atoms. The highest BCUT2D eigenvalue weighted by Crippen LogP contribution is 2.35. The topological polar surface area (TPSA) is 79.5 Å². The quantitative estimate of drug-likeness (QED) is 0.723. The van der Waals surface area contributed by atoms with Crippen LogP contribution in [0, 0.1) is 18.3 Å². The zero-order valence-electron chi connectivity index (χ0n) is 14.3. The van der Waals surface area contributed by atoms with E-state index in [1.54, 1.807) is 23.9 Å². The van der Waals surface area contributed by atoms with Gasteiger partial charge in [0.1, 0.15) is 4.90 Å². The van der Waals surface area contributed by atoms with Crippen molar-refractivity contribution in [3.8, 4) is 6.07 Å². The number of rotatable bonds is 4. The maximum Gasteiger partial charge on any atom is 0.358 e. The molecule has 0 spiro atoms. The smallest absolute Gasteiger partial charge is 0.264 e. The van der Waals surface area contributed by atoms with Crippen molar-refractivity contribution in [3.63, 3.8) is 0 Å². The summed E-state index contributed by atoms with van der Waals surface area (Å²) in [6.45, 7) is 1.89. The van der Waals surface area contributed by atoms with Crippen LogP contribution in [-0.2, 0) is 14.4 Å². The van der Waals surface area contributed by atoms with Gasteiger partial charge in [0, 0.05) is 17.1 Å². The van der Waals surface area contributed by atoms with Crippen LogP contribution in [-0.4, -0.2) is 19.9 Å². The van der Waals surface area contributed by atoms with Crippen LogP contribution in [0.4, 0.5) is 0 Å². The number of allylic oxidation sites excluding steroid dienone is 6. The number of hydrogen-bond acceptors (Lipinski definition) is 6. The normalized spacial score (nSPS) is 21.5. The van der Waals surface area contributed by atoms with Crippen LogP contribution in [0.5, 0.6) is 0 Å². The molecule has 0 saturated carbocycles. The molecule has 0 unspecified atom stereocenters. The predicted molar refractivity (Wildman–Crippen MR) is 103 cm³/mol. The monoisotopic (exact) mass is 386 g/mol. The summed E-state index contributed by atoms with van der Waals surface area (Å²) in [4.78, 5) is 1.04. The van der Waals surface area contributed by atoms with E-state index >= 15 is 0 Å². The first-order valence-electron chi connectivity index (χ1n) is 8.17. The number of nitriles is 1. The lowest BCUT2D eigenvalue weighted by Gasteiger charge is -2.11. The molecule has 5 nitrogen and oxygen atoms in total. The molecule has 134 valence electrons. The first-order chi connectivity index (χ1) is 12.5. The third kappa shape index (κ3) is 4.26. The molecular weight excluding hydrogens is 368 g/mol. The van der Waals surface area contributed by atoms with Crippen molar-refractivity contribution in [1.82, 2.24) is 0 Å². The zero-order chi connectivity index (χ0) is 18.6. The fourth-order valence-corrected chi connectivity index (χ4v) is 4.56. The summed E-state index contributed by atoms with van der Waals surface area (Å²) in [5.41, 5.74) is 3.61. The lowest BCUT2D eigenvalue weighted by molar-refractivity contribution is 0.338.